The zero-order valence-electron chi connectivity index (χ0n) is 18.1. The van der Waals surface area contributed by atoms with Crippen molar-refractivity contribution in [3.63, 3.8) is 0 Å². The number of benzene rings is 2. The molecule has 2 amide bonds. The molecule has 0 unspecified atom stereocenters. The number of para-hydroxylation sites is 2. The van der Waals surface area contributed by atoms with Crippen LogP contribution in [0, 0.1) is 0 Å². The molecule has 162 valence electrons. The number of rotatable bonds is 7. The highest BCUT2D eigenvalue weighted by atomic mass is 32.1. The summed E-state index contributed by atoms with van der Waals surface area (Å²) in [6.07, 6.45) is 2.15. The van der Waals surface area contributed by atoms with Crippen molar-refractivity contribution in [2.75, 3.05) is 18.6 Å². The van der Waals surface area contributed by atoms with Crippen LogP contribution in [0.2, 0.25) is 0 Å². The second-order valence-corrected chi connectivity index (χ2v) is 7.68. The topological polar surface area (TPSA) is 59.1 Å². The van der Waals surface area contributed by atoms with Gasteiger partial charge in [-0.1, -0.05) is 37.3 Å². The summed E-state index contributed by atoms with van der Waals surface area (Å²) >= 11 is 5.53. The largest absolute Gasteiger partial charge is 0.493 e. The van der Waals surface area contributed by atoms with Crippen LogP contribution in [0.15, 0.2) is 54.1 Å². The molecule has 0 aliphatic carbocycles. The van der Waals surface area contributed by atoms with Gasteiger partial charge in [-0.05, 0) is 56.8 Å². The summed E-state index contributed by atoms with van der Waals surface area (Å²) in [6.45, 7) is 6.18. The van der Waals surface area contributed by atoms with Gasteiger partial charge in [0.1, 0.15) is 5.57 Å². The third-order valence-electron chi connectivity index (χ3n) is 4.68. The number of anilines is 1. The molecule has 1 heterocycles. The molecule has 1 aliphatic rings. The Morgan fingerprint density at radius 2 is 1.74 bits per heavy atom. The van der Waals surface area contributed by atoms with Crippen LogP contribution in [-0.4, -0.2) is 41.6 Å². The maximum absolute atomic E-state index is 13.4. The van der Waals surface area contributed by atoms with E-state index >= 15 is 0 Å². The van der Waals surface area contributed by atoms with Crippen molar-refractivity contribution in [2.24, 2.45) is 0 Å². The van der Waals surface area contributed by atoms with Crippen LogP contribution in [0.25, 0.3) is 6.08 Å². The van der Waals surface area contributed by atoms with E-state index in [9.17, 15) is 9.59 Å². The number of hydrogen-bond acceptors (Lipinski definition) is 5. The molecule has 0 aromatic heterocycles. The Labute approximate surface area is 188 Å². The van der Waals surface area contributed by atoms with E-state index in [4.69, 9.17) is 21.7 Å². The van der Waals surface area contributed by atoms with Crippen molar-refractivity contribution in [3.8, 4) is 11.5 Å². The average Bonchev–Trinajstić information content (AvgIpc) is 2.75. The van der Waals surface area contributed by atoms with Crippen molar-refractivity contribution in [3.05, 3.63) is 59.7 Å². The smallest absolute Gasteiger partial charge is 0.270 e. The molecule has 7 heteroatoms. The van der Waals surface area contributed by atoms with E-state index < -0.39 is 11.8 Å². The first-order chi connectivity index (χ1) is 14.9. The fraction of sp³-hybridized carbons (Fsp3) is 0.292. The van der Waals surface area contributed by atoms with Gasteiger partial charge >= 0.3 is 0 Å². The number of hydrogen-bond donors (Lipinski definition) is 0. The molecule has 0 atom stereocenters. The van der Waals surface area contributed by atoms with Crippen molar-refractivity contribution in [2.45, 2.75) is 33.3 Å². The maximum atomic E-state index is 13.4. The molecule has 1 fully saturated rings. The lowest BCUT2D eigenvalue weighted by atomic mass is 10.0. The quantitative estimate of drug-likeness (QED) is 0.363. The molecule has 0 radical (unpaired) electrons. The number of carbonyl (C=O) groups is 2. The molecule has 1 aliphatic heterocycles. The Hall–Kier alpha value is -3.19. The van der Waals surface area contributed by atoms with Gasteiger partial charge in [0.05, 0.1) is 18.9 Å². The van der Waals surface area contributed by atoms with Crippen LogP contribution in [0.4, 0.5) is 5.69 Å². The molecular weight excluding hydrogens is 412 g/mol. The summed E-state index contributed by atoms with van der Waals surface area (Å²) in [6, 6.07) is 14.5. The predicted molar refractivity (Wildman–Crippen MR) is 125 cm³/mol. The van der Waals surface area contributed by atoms with Gasteiger partial charge in [0.15, 0.2) is 16.6 Å². The zero-order valence-corrected chi connectivity index (χ0v) is 18.9. The van der Waals surface area contributed by atoms with Crippen molar-refractivity contribution in [1.82, 2.24) is 4.90 Å². The first-order valence-corrected chi connectivity index (χ1v) is 10.6. The third kappa shape index (κ3) is 4.61. The molecule has 3 rings (SSSR count). The van der Waals surface area contributed by atoms with E-state index in [1.165, 1.54) is 9.80 Å². The van der Waals surface area contributed by atoms with Gasteiger partial charge in [0, 0.05) is 12.1 Å². The fourth-order valence-electron chi connectivity index (χ4n) is 3.33. The van der Waals surface area contributed by atoms with Crippen LogP contribution in [-0.2, 0) is 9.59 Å². The lowest BCUT2D eigenvalue weighted by Crippen LogP contribution is -2.56. The minimum absolute atomic E-state index is 0.0211. The molecular formula is C24H26N2O4S. The van der Waals surface area contributed by atoms with Crippen molar-refractivity contribution < 1.29 is 19.1 Å². The summed E-state index contributed by atoms with van der Waals surface area (Å²) < 4.78 is 11.4. The molecule has 6 nitrogen and oxygen atoms in total. The lowest BCUT2D eigenvalue weighted by Gasteiger charge is -2.36. The highest BCUT2D eigenvalue weighted by Crippen LogP contribution is 2.35. The Balaban J connectivity index is 2.15. The zero-order chi connectivity index (χ0) is 22.5. The lowest BCUT2D eigenvalue weighted by molar-refractivity contribution is -0.127. The summed E-state index contributed by atoms with van der Waals surface area (Å²) in [7, 11) is 1.55. The molecule has 0 N–H and O–H groups in total. The molecule has 0 saturated carbocycles. The molecule has 0 spiro atoms. The van der Waals surface area contributed by atoms with Crippen LogP contribution in [0.1, 0.15) is 32.8 Å². The van der Waals surface area contributed by atoms with Gasteiger partial charge in [-0.15, -0.1) is 0 Å². The number of carbonyl (C=O) groups excluding carboxylic acids is 2. The summed E-state index contributed by atoms with van der Waals surface area (Å²) in [5.41, 5.74) is 1.22. The average molecular weight is 439 g/mol. The van der Waals surface area contributed by atoms with Crippen LogP contribution in [0.3, 0.4) is 0 Å². The highest BCUT2D eigenvalue weighted by molar-refractivity contribution is 7.80. The van der Waals surface area contributed by atoms with Gasteiger partial charge in [0.2, 0.25) is 0 Å². The Bertz CT molecular complexity index is 1020. The Morgan fingerprint density at radius 3 is 2.35 bits per heavy atom. The standard InChI is InChI=1S/C24H26N2O4S/c1-5-14-25-22(27)19(23(28)26(24(25)31)18-11-7-6-8-12-18)15-17-10-9-13-20(29-4)21(17)30-16(2)3/h6-13,15-16H,5,14H2,1-4H3/b19-15+. The van der Waals surface area contributed by atoms with Crippen LogP contribution < -0.4 is 14.4 Å². The molecule has 1 saturated heterocycles. The van der Waals surface area contributed by atoms with Gasteiger partial charge in [-0.2, -0.15) is 0 Å². The number of amides is 2. The monoisotopic (exact) mass is 438 g/mol. The molecule has 31 heavy (non-hydrogen) atoms. The van der Waals surface area contributed by atoms with E-state index in [0.29, 0.717) is 35.7 Å². The first-order valence-electron chi connectivity index (χ1n) is 10.2. The SMILES string of the molecule is CCCN1C(=O)/C(=C\c2cccc(OC)c2OC(C)C)C(=O)N(c2ccccc2)C1=S. The number of nitrogens with zero attached hydrogens (tertiary/aromatic N) is 2. The van der Waals surface area contributed by atoms with Crippen LogP contribution >= 0.6 is 12.2 Å². The van der Waals surface area contributed by atoms with Gasteiger partial charge in [0.25, 0.3) is 11.8 Å². The Kier molecular flexibility index (Phi) is 7.07. The minimum Gasteiger partial charge on any atom is -0.493 e. The second-order valence-electron chi connectivity index (χ2n) is 7.32. The minimum atomic E-state index is -0.466. The van der Waals surface area contributed by atoms with E-state index in [0.717, 1.165) is 0 Å². The summed E-state index contributed by atoms with van der Waals surface area (Å²) in [4.78, 5) is 29.6. The summed E-state index contributed by atoms with van der Waals surface area (Å²) in [5.74, 6) is 0.128. The number of thiocarbonyl (C=S) groups is 1. The van der Waals surface area contributed by atoms with E-state index in [-0.39, 0.29) is 16.8 Å². The normalized spacial score (nSPS) is 15.8. The van der Waals surface area contributed by atoms with Gasteiger partial charge < -0.3 is 9.47 Å². The predicted octanol–water partition coefficient (Wildman–Crippen LogP) is 4.44. The highest BCUT2D eigenvalue weighted by Gasteiger charge is 2.40. The maximum Gasteiger partial charge on any atom is 0.270 e. The Morgan fingerprint density at radius 1 is 1.03 bits per heavy atom. The van der Waals surface area contributed by atoms with E-state index in [2.05, 4.69) is 0 Å². The number of ether oxygens (including phenoxy) is 2. The number of methoxy groups -OCH3 is 1. The van der Waals surface area contributed by atoms with E-state index in [1.54, 1.807) is 43.5 Å². The van der Waals surface area contributed by atoms with E-state index in [1.807, 2.05) is 39.0 Å². The van der Waals surface area contributed by atoms with Crippen molar-refractivity contribution >= 4 is 40.9 Å². The summed E-state index contributed by atoms with van der Waals surface area (Å²) in [5, 5.41) is 0.185. The first kappa shape index (κ1) is 22.5. The molecule has 0 bridgehead atoms. The molecule has 2 aromatic rings. The fourth-order valence-corrected chi connectivity index (χ4v) is 3.69. The van der Waals surface area contributed by atoms with Crippen LogP contribution in [0.5, 0.6) is 11.5 Å². The van der Waals surface area contributed by atoms with Gasteiger partial charge in [-0.25, -0.2) is 0 Å². The van der Waals surface area contributed by atoms with Gasteiger partial charge in [-0.3, -0.25) is 19.4 Å². The second kappa shape index (κ2) is 9.75. The third-order valence-corrected chi connectivity index (χ3v) is 5.08. The van der Waals surface area contributed by atoms with Crippen molar-refractivity contribution in [1.29, 1.82) is 0 Å². The molecule has 2 aromatic carbocycles.